The average molecular weight is 498 g/mol. The van der Waals surface area contributed by atoms with Gasteiger partial charge < -0.3 is 9.80 Å². The summed E-state index contributed by atoms with van der Waals surface area (Å²) in [6, 6.07) is 10.6. The first-order chi connectivity index (χ1) is 16.8. The summed E-state index contributed by atoms with van der Waals surface area (Å²) in [5.74, 6) is 0.891. The highest BCUT2D eigenvalue weighted by Gasteiger charge is 2.27. The zero-order chi connectivity index (χ0) is 25.1. The molecule has 1 aromatic heterocycles. The standard InChI is InChI=1S/C25H25ClFN5O3/c1-3-22-20(14-17-5-4-6-19(27)13-17)24(29-16(2)28-22)30-9-11-31(12-10-30)25(33)18-7-8-21(26)23(15-18)32(34)35/h4-8,13,15H,3,9-12,14H2,1-2H3. The van der Waals surface area contributed by atoms with E-state index in [-0.39, 0.29) is 28.0 Å². The number of rotatable bonds is 6. The van der Waals surface area contributed by atoms with Crippen LogP contribution in [0, 0.1) is 22.9 Å². The number of piperazine rings is 1. The predicted octanol–water partition coefficient (Wildman–Crippen LogP) is 4.60. The number of hydrogen-bond donors (Lipinski definition) is 0. The average Bonchev–Trinajstić information content (AvgIpc) is 2.84. The molecular weight excluding hydrogens is 473 g/mol. The Morgan fingerprint density at radius 2 is 1.89 bits per heavy atom. The number of nitro groups is 1. The molecule has 0 radical (unpaired) electrons. The normalized spacial score (nSPS) is 13.7. The predicted molar refractivity (Wildman–Crippen MR) is 132 cm³/mol. The van der Waals surface area contributed by atoms with Crippen LogP contribution in [0.15, 0.2) is 42.5 Å². The third-order valence-electron chi connectivity index (χ3n) is 6.04. The molecular formula is C25H25ClFN5O3. The lowest BCUT2D eigenvalue weighted by molar-refractivity contribution is -0.384. The fourth-order valence-corrected chi connectivity index (χ4v) is 4.50. The molecule has 182 valence electrons. The number of halogens is 2. The summed E-state index contributed by atoms with van der Waals surface area (Å²) in [4.78, 5) is 36.7. The van der Waals surface area contributed by atoms with Crippen molar-refractivity contribution in [3.05, 3.63) is 91.6 Å². The zero-order valence-corrected chi connectivity index (χ0v) is 20.3. The summed E-state index contributed by atoms with van der Waals surface area (Å²) in [6.07, 6.45) is 1.22. The molecule has 1 aliphatic rings. The van der Waals surface area contributed by atoms with E-state index in [0.717, 1.165) is 29.1 Å². The highest BCUT2D eigenvalue weighted by molar-refractivity contribution is 6.32. The van der Waals surface area contributed by atoms with Crippen LogP contribution < -0.4 is 4.90 Å². The second-order valence-electron chi connectivity index (χ2n) is 8.38. The molecule has 0 atom stereocenters. The van der Waals surface area contributed by atoms with E-state index in [1.54, 1.807) is 11.0 Å². The maximum Gasteiger partial charge on any atom is 0.288 e. The number of carbonyl (C=O) groups excluding carboxylic acids is 1. The zero-order valence-electron chi connectivity index (χ0n) is 19.5. The van der Waals surface area contributed by atoms with Gasteiger partial charge in [0.25, 0.3) is 11.6 Å². The van der Waals surface area contributed by atoms with Gasteiger partial charge in [0.05, 0.1) is 4.92 Å². The van der Waals surface area contributed by atoms with Crippen LogP contribution in [0.4, 0.5) is 15.9 Å². The second-order valence-corrected chi connectivity index (χ2v) is 8.79. The van der Waals surface area contributed by atoms with E-state index in [4.69, 9.17) is 16.6 Å². The molecule has 10 heteroatoms. The van der Waals surface area contributed by atoms with Gasteiger partial charge >= 0.3 is 0 Å². The van der Waals surface area contributed by atoms with E-state index in [1.165, 1.54) is 30.3 Å². The summed E-state index contributed by atoms with van der Waals surface area (Å²) < 4.78 is 13.8. The molecule has 1 aliphatic heterocycles. The van der Waals surface area contributed by atoms with Gasteiger partial charge in [-0.3, -0.25) is 14.9 Å². The Kier molecular flexibility index (Phi) is 7.25. The number of benzene rings is 2. The van der Waals surface area contributed by atoms with Gasteiger partial charge in [-0.2, -0.15) is 0 Å². The fourth-order valence-electron chi connectivity index (χ4n) is 4.31. The molecule has 0 spiro atoms. The molecule has 0 N–H and O–H groups in total. The quantitative estimate of drug-likeness (QED) is 0.365. The molecule has 4 rings (SSSR count). The first-order valence-electron chi connectivity index (χ1n) is 11.4. The number of aryl methyl sites for hydroxylation is 2. The molecule has 1 saturated heterocycles. The Labute approximate surface area is 207 Å². The van der Waals surface area contributed by atoms with E-state index >= 15 is 0 Å². The van der Waals surface area contributed by atoms with Gasteiger partial charge in [0.15, 0.2) is 0 Å². The van der Waals surface area contributed by atoms with Crippen LogP contribution in [0.1, 0.15) is 39.9 Å². The number of amides is 1. The van der Waals surface area contributed by atoms with Gasteiger partial charge in [-0.1, -0.05) is 30.7 Å². The van der Waals surface area contributed by atoms with E-state index in [0.29, 0.717) is 38.4 Å². The lowest BCUT2D eigenvalue weighted by Crippen LogP contribution is -2.49. The number of nitrogens with zero attached hydrogens (tertiary/aromatic N) is 5. The Balaban J connectivity index is 1.55. The lowest BCUT2D eigenvalue weighted by Gasteiger charge is -2.36. The Hall–Kier alpha value is -3.59. The van der Waals surface area contributed by atoms with Crippen LogP contribution in [-0.2, 0) is 12.8 Å². The van der Waals surface area contributed by atoms with Crippen LogP contribution in [0.2, 0.25) is 5.02 Å². The van der Waals surface area contributed by atoms with Crippen LogP contribution in [0.25, 0.3) is 0 Å². The maximum absolute atomic E-state index is 13.8. The van der Waals surface area contributed by atoms with Crippen molar-refractivity contribution in [2.75, 3.05) is 31.1 Å². The van der Waals surface area contributed by atoms with Gasteiger partial charge in [-0.05, 0) is 43.2 Å². The van der Waals surface area contributed by atoms with Crippen molar-refractivity contribution >= 4 is 29.0 Å². The molecule has 1 fully saturated rings. The highest BCUT2D eigenvalue weighted by Crippen LogP contribution is 2.28. The minimum Gasteiger partial charge on any atom is -0.353 e. The third kappa shape index (κ3) is 5.40. The number of hydrogen-bond acceptors (Lipinski definition) is 6. The minimum atomic E-state index is -0.597. The number of anilines is 1. The van der Waals surface area contributed by atoms with Crippen molar-refractivity contribution in [3.8, 4) is 0 Å². The monoisotopic (exact) mass is 497 g/mol. The molecule has 3 aromatic rings. The van der Waals surface area contributed by atoms with Gasteiger partial charge in [-0.15, -0.1) is 0 Å². The molecule has 0 unspecified atom stereocenters. The fraction of sp³-hybridized carbons (Fsp3) is 0.320. The van der Waals surface area contributed by atoms with E-state index < -0.39 is 4.92 Å². The topological polar surface area (TPSA) is 92.5 Å². The van der Waals surface area contributed by atoms with Crippen LogP contribution >= 0.6 is 11.6 Å². The van der Waals surface area contributed by atoms with Crippen molar-refractivity contribution in [2.45, 2.75) is 26.7 Å². The minimum absolute atomic E-state index is 0.00643. The lowest BCUT2D eigenvalue weighted by atomic mass is 10.0. The van der Waals surface area contributed by atoms with Gasteiger partial charge in [0.2, 0.25) is 0 Å². The molecule has 0 aliphatic carbocycles. The largest absolute Gasteiger partial charge is 0.353 e. The van der Waals surface area contributed by atoms with Crippen molar-refractivity contribution in [2.24, 2.45) is 0 Å². The molecule has 0 saturated carbocycles. The summed E-state index contributed by atoms with van der Waals surface area (Å²) in [5.41, 5.74) is 2.65. The van der Waals surface area contributed by atoms with Crippen LogP contribution in [0.3, 0.4) is 0 Å². The van der Waals surface area contributed by atoms with E-state index in [2.05, 4.69) is 9.88 Å². The van der Waals surface area contributed by atoms with Crippen molar-refractivity contribution < 1.29 is 14.1 Å². The molecule has 2 heterocycles. The summed E-state index contributed by atoms with van der Waals surface area (Å²) in [7, 11) is 0. The van der Waals surface area contributed by atoms with Crippen molar-refractivity contribution in [3.63, 3.8) is 0 Å². The Morgan fingerprint density at radius 3 is 2.54 bits per heavy atom. The molecule has 35 heavy (non-hydrogen) atoms. The Bertz CT molecular complexity index is 1280. The first kappa shape index (κ1) is 24.5. The van der Waals surface area contributed by atoms with E-state index in [9.17, 15) is 19.3 Å². The Morgan fingerprint density at radius 1 is 1.14 bits per heavy atom. The summed E-state index contributed by atoms with van der Waals surface area (Å²) >= 11 is 5.88. The van der Waals surface area contributed by atoms with E-state index in [1.807, 2.05) is 19.9 Å². The number of aromatic nitrogens is 2. The van der Waals surface area contributed by atoms with Gasteiger partial charge in [0, 0.05) is 55.5 Å². The maximum atomic E-state index is 13.8. The summed E-state index contributed by atoms with van der Waals surface area (Å²) in [5, 5.41) is 11.2. The van der Waals surface area contributed by atoms with Crippen molar-refractivity contribution in [1.29, 1.82) is 0 Å². The molecule has 1 amide bonds. The molecule has 2 aromatic carbocycles. The van der Waals surface area contributed by atoms with Gasteiger partial charge in [-0.25, -0.2) is 14.4 Å². The number of nitro benzene ring substituents is 1. The highest BCUT2D eigenvalue weighted by atomic mass is 35.5. The number of carbonyl (C=O) groups is 1. The van der Waals surface area contributed by atoms with Crippen molar-refractivity contribution in [1.82, 2.24) is 14.9 Å². The third-order valence-corrected chi connectivity index (χ3v) is 6.36. The van der Waals surface area contributed by atoms with Gasteiger partial charge in [0.1, 0.15) is 22.5 Å². The molecule has 8 nitrogen and oxygen atoms in total. The van der Waals surface area contributed by atoms with Crippen LogP contribution in [-0.4, -0.2) is 51.9 Å². The molecule has 0 bridgehead atoms. The SMILES string of the molecule is CCc1nc(C)nc(N2CCN(C(=O)c3ccc(Cl)c([N+](=O)[O-])c3)CC2)c1Cc1cccc(F)c1. The first-order valence-corrected chi connectivity index (χ1v) is 11.7. The van der Waals surface area contributed by atoms with Crippen LogP contribution in [0.5, 0.6) is 0 Å². The second kappa shape index (κ2) is 10.4. The smallest absolute Gasteiger partial charge is 0.288 e. The summed E-state index contributed by atoms with van der Waals surface area (Å²) in [6.45, 7) is 5.82.